The molecular weight excluding hydrogens is 326 g/mol. The van der Waals surface area contributed by atoms with Gasteiger partial charge < -0.3 is 15.0 Å². The van der Waals surface area contributed by atoms with Crippen molar-refractivity contribution >= 4 is 5.69 Å². The number of hydrogen-bond donors (Lipinski definition) is 2. The van der Waals surface area contributed by atoms with Crippen LogP contribution >= 0.6 is 0 Å². The number of imidazole rings is 1. The number of likely N-dealkylation sites (tertiary alicyclic amines) is 1. The molecule has 0 bridgehead atoms. The lowest BCUT2D eigenvalue weighted by atomic mass is 10.1. The molecular formula is C20H29N5O. The Bertz CT molecular complexity index is 704. The van der Waals surface area contributed by atoms with Crippen LogP contribution in [0, 0.1) is 6.92 Å². The minimum Gasteiger partial charge on any atom is -0.390 e. The van der Waals surface area contributed by atoms with Gasteiger partial charge in [-0.2, -0.15) is 0 Å². The van der Waals surface area contributed by atoms with Crippen LogP contribution in [0.5, 0.6) is 0 Å². The number of hydrogen-bond acceptors (Lipinski definition) is 5. The summed E-state index contributed by atoms with van der Waals surface area (Å²) >= 11 is 0. The molecule has 6 nitrogen and oxygen atoms in total. The van der Waals surface area contributed by atoms with Crippen molar-refractivity contribution in [1.82, 2.24) is 19.8 Å². The molecule has 6 heteroatoms. The maximum Gasteiger partial charge on any atom is 0.0922 e. The van der Waals surface area contributed by atoms with Crippen LogP contribution in [0.25, 0.3) is 0 Å². The van der Waals surface area contributed by atoms with E-state index in [1.807, 2.05) is 6.20 Å². The number of para-hydroxylation sites is 1. The molecule has 3 heterocycles. The van der Waals surface area contributed by atoms with Gasteiger partial charge in [-0.1, -0.05) is 18.2 Å². The molecule has 0 amide bonds. The zero-order chi connectivity index (χ0) is 17.9. The highest BCUT2D eigenvalue weighted by molar-refractivity contribution is 5.53. The number of aryl methyl sites for hydroxylation is 1. The highest BCUT2D eigenvalue weighted by atomic mass is 16.3. The molecule has 2 atom stereocenters. The molecule has 1 aromatic carbocycles. The fourth-order valence-electron chi connectivity index (χ4n) is 4.38. The van der Waals surface area contributed by atoms with Crippen LogP contribution in [-0.2, 0) is 6.54 Å². The average Bonchev–Trinajstić information content (AvgIpc) is 3.19. The van der Waals surface area contributed by atoms with Crippen LogP contribution in [0.1, 0.15) is 17.7 Å². The van der Waals surface area contributed by atoms with E-state index in [9.17, 15) is 5.11 Å². The van der Waals surface area contributed by atoms with E-state index in [1.54, 1.807) is 6.33 Å². The van der Waals surface area contributed by atoms with Gasteiger partial charge in [-0.05, 0) is 25.0 Å². The lowest BCUT2D eigenvalue weighted by Crippen LogP contribution is -2.45. The molecule has 2 saturated heterocycles. The molecule has 0 radical (unpaired) electrons. The number of H-pyrrole nitrogens is 1. The third-order valence-electron chi connectivity index (χ3n) is 5.74. The number of nitrogens with one attached hydrogen (secondary N) is 1. The molecule has 0 spiro atoms. The van der Waals surface area contributed by atoms with Gasteiger partial charge in [0.25, 0.3) is 0 Å². The largest absolute Gasteiger partial charge is 0.390 e. The summed E-state index contributed by atoms with van der Waals surface area (Å²) in [7, 11) is 0. The predicted molar refractivity (Wildman–Crippen MR) is 103 cm³/mol. The van der Waals surface area contributed by atoms with Crippen molar-refractivity contribution in [1.29, 1.82) is 0 Å². The Morgan fingerprint density at radius 1 is 1.15 bits per heavy atom. The third-order valence-corrected chi connectivity index (χ3v) is 5.74. The molecule has 0 saturated carbocycles. The summed E-state index contributed by atoms with van der Waals surface area (Å²) in [6.07, 6.45) is 4.45. The first-order chi connectivity index (χ1) is 12.7. The fourth-order valence-corrected chi connectivity index (χ4v) is 4.38. The van der Waals surface area contributed by atoms with Gasteiger partial charge >= 0.3 is 0 Å². The highest BCUT2D eigenvalue weighted by Crippen LogP contribution is 2.24. The second kappa shape index (κ2) is 7.78. The van der Waals surface area contributed by atoms with E-state index in [1.165, 1.54) is 11.3 Å². The van der Waals surface area contributed by atoms with E-state index in [2.05, 4.69) is 55.9 Å². The molecule has 2 N–H and O–H groups in total. The maximum atomic E-state index is 10.6. The second-order valence-corrected chi connectivity index (χ2v) is 7.57. The van der Waals surface area contributed by atoms with E-state index in [4.69, 9.17) is 0 Å². The zero-order valence-electron chi connectivity index (χ0n) is 15.5. The Labute approximate surface area is 155 Å². The molecule has 140 valence electrons. The average molecular weight is 355 g/mol. The summed E-state index contributed by atoms with van der Waals surface area (Å²) in [5.41, 5.74) is 3.80. The number of aromatic amines is 1. The van der Waals surface area contributed by atoms with Gasteiger partial charge in [0.15, 0.2) is 0 Å². The van der Waals surface area contributed by atoms with Crippen molar-refractivity contribution in [2.24, 2.45) is 0 Å². The first-order valence-electron chi connectivity index (χ1n) is 9.63. The smallest absolute Gasteiger partial charge is 0.0922 e. The van der Waals surface area contributed by atoms with Crippen LogP contribution < -0.4 is 4.90 Å². The first kappa shape index (κ1) is 17.5. The van der Waals surface area contributed by atoms with Gasteiger partial charge in [0.1, 0.15) is 0 Å². The predicted octanol–water partition coefficient (Wildman–Crippen LogP) is 1.48. The quantitative estimate of drug-likeness (QED) is 0.870. The summed E-state index contributed by atoms with van der Waals surface area (Å²) < 4.78 is 0. The van der Waals surface area contributed by atoms with Gasteiger partial charge in [0.2, 0.25) is 0 Å². The lowest BCUT2D eigenvalue weighted by Gasteiger charge is -2.30. The summed E-state index contributed by atoms with van der Waals surface area (Å²) in [5, 5.41) is 10.6. The van der Waals surface area contributed by atoms with Gasteiger partial charge in [-0.15, -0.1) is 0 Å². The number of aliphatic hydroxyl groups is 1. The molecule has 1 aromatic heterocycles. The zero-order valence-corrected chi connectivity index (χ0v) is 15.5. The summed E-state index contributed by atoms with van der Waals surface area (Å²) in [6.45, 7) is 8.85. The van der Waals surface area contributed by atoms with Gasteiger partial charge in [-0.3, -0.25) is 9.80 Å². The topological polar surface area (TPSA) is 58.6 Å². The van der Waals surface area contributed by atoms with Gasteiger partial charge in [0, 0.05) is 69.4 Å². The van der Waals surface area contributed by atoms with E-state index in [0.29, 0.717) is 0 Å². The number of benzene rings is 1. The van der Waals surface area contributed by atoms with Crippen LogP contribution in [-0.4, -0.2) is 76.3 Å². The van der Waals surface area contributed by atoms with Gasteiger partial charge in [0.05, 0.1) is 12.4 Å². The number of β-amino-alcohol motifs (C(OH)–C–C–N with tert-alkyl or cyclic N) is 1. The molecule has 2 aliphatic heterocycles. The molecule has 2 fully saturated rings. The monoisotopic (exact) mass is 355 g/mol. The van der Waals surface area contributed by atoms with Crippen LogP contribution in [0.2, 0.25) is 0 Å². The highest BCUT2D eigenvalue weighted by Gasteiger charge is 2.36. The van der Waals surface area contributed by atoms with Crippen LogP contribution in [0.15, 0.2) is 36.8 Å². The number of aromatic nitrogens is 2. The summed E-state index contributed by atoms with van der Waals surface area (Å²) in [4.78, 5) is 14.6. The van der Waals surface area contributed by atoms with Crippen LogP contribution in [0.4, 0.5) is 5.69 Å². The minimum absolute atomic E-state index is 0.231. The molecule has 2 aromatic rings. The molecule has 0 aliphatic carbocycles. The number of aliphatic hydroxyl groups excluding tert-OH is 1. The summed E-state index contributed by atoms with van der Waals surface area (Å²) in [6, 6.07) is 8.87. The van der Waals surface area contributed by atoms with Crippen molar-refractivity contribution in [2.75, 3.05) is 44.2 Å². The number of anilines is 1. The Balaban J connectivity index is 1.37. The normalized spacial score (nSPS) is 25.5. The minimum atomic E-state index is -0.275. The summed E-state index contributed by atoms with van der Waals surface area (Å²) in [5.74, 6) is 0. The van der Waals surface area contributed by atoms with E-state index < -0.39 is 0 Å². The van der Waals surface area contributed by atoms with E-state index in [-0.39, 0.29) is 12.1 Å². The van der Waals surface area contributed by atoms with Gasteiger partial charge in [-0.25, -0.2) is 4.98 Å². The Morgan fingerprint density at radius 2 is 2.04 bits per heavy atom. The Morgan fingerprint density at radius 3 is 2.85 bits per heavy atom. The second-order valence-electron chi connectivity index (χ2n) is 7.57. The first-order valence-corrected chi connectivity index (χ1v) is 9.63. The van der Waals surface area contributed by atoms with Crippen LogP contribution in [0.3, 0.4) is 0 Å². The molecule has 26 heavy (non-hydrogen) atoms. The van der Waals surface area contributed by atoms with Crippen molar-refractivity contribution in [3.05, 3.63) is 48.0 Å². The molecule has 4 rings (SSSR count). The fraction of sp³-hybridized carbons (Fsp3) is 0.550. The van der Waals surface area contributed by atoms with E-state index in [0.717, 1.165) is 57.9 Å². The Kier molecular flexibility index (Phi) is 5.24. The maximum absolute atomic E-state index is 10.6. The standard InChI is InChI=1S/C20H29N5O/c1-16-5-2-3-6-18(16)24-7-4-8-25(10-9-24)19-13-23(14-20(19)26)12-17-11-21-15-22-17/h2-3,5-6,11,15,19-20,26H,4,7-10,12-14H2,1H3,(H,21,22)/t19-,20-/m1/s1. The molecule has 2 aliphatic rings. The van der Waals surface area contributed by atoms with E-state index >= 15 is 0 Å². The Hall–Kier alpha value is -1.89. The van der Waals surface area contributed by atoms with Crippen molar-refractivity contribution in [3.8, 4) is 0 Å². The third kappa shape index (κ3) is 3.77. The van der Waals surface area contributed by atoms with Crippen molar-refractivity contribution in [3.63, 3.8) is 0 Å². The van der Waals surface area contributed by atoms with Crippen molar-refractivity contribution < 1.29 is 5.11 Å². The SMILES string of the molecule is Cc1ccccc1N1CCCN([C@@H]2CN(Cc3cnc[nH]3)C[C@H]2O)CC1. The number of nitrogens with zero attached hydrogens (tertiary/aromatic N) is 4. The lowest BCUT2D eigenvalue weighted by molar-refractivity contribution is 0.0872. The van der Waals surface area contributed by atoms with Crippen molar-refractivity contribution in [2.45, 2.75) is 32.0 Å². The number of rotatable bonds is 4. The molecule has 0 unspecified atom stereocenters.